The lowest BCUT2D eigenvalue weighted by Gasteiger charge is -2.22. The van der Waals surface area contributed by atoms with Gasteiger partial charge in [0, 0.05) is 17.9 Å². The minimum atomic E-state index is -0.723. The van der Waals surface area contributed by atoms with E-state index in [0.717, 1.165) is 5.56 Å². The molecule has 1 N–H and O–H groups in total. The number of para-hydroxylation sites is 1. The van der Waals surface area contributed by atoms with Crippen LogP contribution in [0.1, 0.15) is 31.4 Å². The van der Waals surface area contributed by atoms with Crippen LogP contribution in [0.25, 0.3) is 0 Å². The number of hydrogen-bond acceptors (Lipinski definition) is 5. The third-order valence-electron chi connectivity index (χ3n) is 4.35. The van der Waals surface area contributed by atoms with Gasteiger partial charge in [0.2, 0.25) is 5.91 Å². The van der Waals surface area contributed by atoms with Gasteiger partial charge >= 0.3 is 5.97 Å². The normalized spacial score (nSPS) is 14.8. The van der Waals surface area contributed by atoms with E-state index < -0.39 is 18.5 Å². The van der Waals surface area contributed by atoms with Gasteiger partial charge in [0.1, 0.15) is 5.71 Å². The first-order valence-electron chi connectivity index (χ1n) is 9.12. The Morgan fingerprint density at radius 2 is 1.83 bits per heavy atom. The SMILES string of the molecule is C[C@@H](NC(=O)COC(=O)C1=NN(c2ccccc2)C(=O)CC1)c1ccccc1Cl. The number of carbonyl (C=O) groups is 3. The molecular formula is C21H20ClN3O4. The first kappa shape index (κ1) is 20.5. The molecule has 0 aromatic heterocycles. The van der Waals surface area contributed by atoms with Crippen LogP contribution in [0.4, 0.5) is 5.69 Å². The second kappa shape index (κ2) is 9.34. The van der Waals surface area contributed by atoms with Crippen molar-refractivity contribution in [3.63, 3.8) is 0 Å². The van der Waals surface area contributed by atoms with Gasteiger partial charge < -0.3 is 10.1 Å². The van der Waals surface area contributed by atoms with E-state index in [4.69, 9.17) is 16.3 Å². The van der Waals surface area contributed by atoms with Crippen molar-refractivity contribution in [1.29, 1.82) is 0 Å². The van der Waals surface area contributed by atoms with Gasteiger partial charge in [-0.15, -0.1) is 0 Å². The molecule has 2 amide bonds. The van der Waals surface area contributed by atoms with Gasteiger partial charge in [0.15, 0.2) is 6.61 Å². The third-order valence-corrected chi connectivity index (χ3v) is 4.70. The summed E-state index contributed by atoms with van der Waals surface area (Å²) in [4.78, 5) is 36.5. The summed E-state index contributed by atoms with van der Waals surface area (Å²) in [5, 5.41) is 8.56. The van der Waals surface area contributed by atoms with Crippen molar-refractivity contribution >= 4 is 40.8 Å². The van der Waals surface area contributed by atoms with Crippen LogP contribution in [0.3, 0.4) is 0 Å². The molecule has 0 spiro atoms. The highest BCUT2D eigenvalue weighted by Gasteiger charge is 2.27. The molecule has 1 heterocycles. The summed E-state index contributed by atoms with van der Waals surface area (Å²) in [5.74, 6) is -1.39. The van der Waals surface area contributed by atoms with Crippen LogP contribution in [0, 0.1) is 0 Å². The second-order valence-corrected chi connectivity index (χ2v) is 6.88. The van der Waals surface area contributed by atoms with E-state index in [1.807, 2.05) is 18.2 Å². The number of anilines is 1. The molecule has 8 heteroatoms. The minimum absolute atomic E-state index is 0.0976. The van der Waals surface area contributed by atoms with Crippen molar-refractivity contribution in [2.75, 3.05) is 11.6 Å². The zero-order valence-electron chi connectivity index (χ0n) is 15.8. The first-order valence-corrected chi connectivity index (χ1v) is 9.50. The average molecular weight is 414 g/mol. The Kier molecular flexibility index (Phi) is 6.61. The van der Waals surface area contributed by atoms with Gasteiger partial charge in [0.05, 0.1) is 11.7 Å². The number of hydrazone groups is 1. The molecule has 1 atom stereocenters. The lowest BCUT2D eigenvalue weighted by Crippen LogP contribution is -2.36. The molecule has 150 valence electrons. The summed E-state index contributed by atoms with van der Waals surface area (Å²) in [6.07, 6.45) is 0.303. The number of carbonyl (C=O) groups excluding carboxylic acids is 3. The van der Waals surface area contributed by atoms with Crippen molar-refractivity contribution in [2.24, 2.45) is 5.10 Å². The van der Waals surface area contributed by atoms with Crippen molar-refractivity contribution in [2.45, 2.75) is 25.8 Å². The highest BCUT2D eigenvalue weighted by atomic mass is 35.5. The lowest BCUT2D eigenvalue weighted by molar-refractivity contribution is -0.142. The molecular weight excluding hydrogens is 394 g/mol. The smallest absolute Gasteiger partial charge is 0.355 e. The molecule has 1 aliphatic rings. The van der Waals surface area contributed by atoms with Crippen LogP contribution in [-0.4, -0.2) is 30.1 Å². The fourth-order valence-corrected chi connectivity index (χ4v) is 3.17. The van der Waals surface area contributed by atoms with Crippen LogP contribution in [0.15, 0.2) is 59.7 Å². The second-order valence-electron chi connectivity index (χ2n) is 6.47. The van der Waals surface area contributed by atoms with Gasteiger partial charge in [0.25, 0.3) is 5.91 Å². The molecule has 29 heavy (non-hydrogen) atoms. The van der Waals surface area contributed by atoms with E-state index in [9.17, 15) is 14.4 Å². The summed E-state index contributed by atoms with van der Waals surface area (Å²) >= 11 is 6.12. The number of hydrogen-bond donors (Lipinski definition) is 1. The molecule has 0 aliphatic carbocycles. The van der Waals surface area contributed by atoms with Crippen molar-refractivity contribution in [3.8, 4) is 0 Å². The van der Waals surface area contributed by atoms with Crippen LogP contribution in [-0.2, 0) is 19.1 Å². The highest BCUT2D eigenvalue weighted by Crippen LogP contribution is 2.22. The van der Waals surface area contributed by atoms with E-state index in [0.29, 0.717) is 10.7 Å². The Hall–Kier alpha value is -3.19. The Morgan fingerprint density at radius 1 is 1.14 bits per heavy atom. The monoisotopic (exact) mass is 413 g/mol. The highest BCUT2D eigenvalue weighted by molar-refractivity contribution is 6.38. The quantitative estimate of drug-likeness (QED) is 0.736. The average Bonchev–Trinajstić information content (AvgIpc) is 2.73. The topological polar surface area (TPSA) is 88.1 Å². The fraction of sp³-hybridized carbons (Fsp3) is 0.238. The minimum Gasteiger partial charge on any atom is -0.451 e. The molecule has 0 saturated carbocycles. The Balaban J connectivity index is 1.58. The van der Waals surface area contributed by atoms with Gasteiger partial charge in [-0.3, -0.25) is 9.59 Å². The van der Waals surface area contributed by atoms with Gasteiger partial charge in [-0.25, -0.2) is 9.80 Å². The maximum absolute atomic E-state index is 12.3. The fourth-order valence-electron chi connectivity index (χ4n) is 2.87. The third kappa shape index (κ3) is 5.20. The van der Waals surface area contributed by atoms with Crippen LogP contribution >= 0.6 is 11.6 Å². The van der Waals surface area contributed by atoms with Crippen molar-refractivity contribution in [3.05, 3.63) is 65.2 Å². The van der Waals surface area contributed by atoms with Crippen LogP contribution in [0.2, 0.25) is 5.02 Å². The van der Waals surface area contributed by atoms with E-state index >= 15 is 0 Å². The molecule has 1 aliphatic heterocycles. The summed E-state index contributed by atoms with van der Waals surface area (Å²) < 4.78 is 5.08. The van der Waals surface area contributed by atoms with Gasteiger partial charge in [-0.05, 0) is 30.7 Å². The summed E-state index contributed by atoms with van der Waals surface area (Å²) in [6, 6.07) is 15.6. The standard InChI is InChI=1S/C21H20ClN3O4/c1-14(16-9-5-6-10-17(16)22)23-19(26)13-29-21(28)18-11-12-20(27)25(24-18)15-7-3-2-4-8-15/h2-10,14H,11-13H2,1H3,(H,23,26)/t14-/m1/s1. The Morgan fingerprint density at radius 3 is 2.55 bits per heavy atom. The Bertz CT molecular complexity index is 946. The maximum atomic E-state index is 12.3. The largest absolute Gasteiger partial charge is 0.451 e. The van der Waals surface area contributed by atoms with Gasteiger partial charge in [-0.1, -0.05) is 48.0 Å². The summed E-state index contributed by atoms with van der Waals surface area (Å²) in [5.41, 5.74) is 1.43. The van der Waals surface area contributed by atoms with Crippen molar-refractivity contribution in [1.82, 2.24) is 5.32 Å². The maximum Gasteiger partial charge on any atom is 0.355 e. The molecule has 2 aromatic carbocycles. The molecule has 0 saturated heterocycles. The molecule has 3 rings (SSSR count). The molecule has 0 unspecified atom stereocenters. The summed E-state index contributed by atoms with van der Waals surface area (Å²) in [6.45, 7) is 1.33. The molecule has 0 fully saturated rings. The first-order chi connectivity index (χ1) is 14.0. The molecule has 0 radical (unpaired) electrons. The number of benzene rings is 2. The number of ether oxygens (including phenoxy) is 1. The predicted octanol–water partition coefficient (Wildman–Crippen LogP) is 3.24. The number of nitrogens with zero attached hydrogens (tertiary/aromatic N) is 2. The van der Waals surface area contributed by atoms with E-state index in [1.54, 1.807) is 43.3 Å². The van der Waals surface area contributed by atoms with Crippen molar-refractivity contribution < 1.29 is 19.1 Å². The number of amides is 2. The van der Waals surface area contributed by atoms with Crippen LogP contribution < -0.4 is 10.3 Å². The number of halogens is 1. The number of esters is 1. The predicted molar refractivity (Wildman–Crippen MR) is 110 cm³/mol. The van der Waals surface area contributed by atoms with E-state index in [-0.39, 0.29) is 30.5 Å². The summed E-state index contributed by atoms with van der Waals surface area (Å²) in [7, 11) is 0. The Labute approximate surface area is 173 Å². The van der Waals surface area contributed by atoms with E-state index in [1.165, 1.54) is 5.01 Å². The van der Waals surface area contributed by atoms with Crippen LogP contribution in [0.5, 0.6) is 0 Å². The lowest BCUT2D eigenvalue weighted by atomic mass is 10.1. The van der Waals surface area contributed by atoms with E-state index in [2.05, 4.69) is 10.4 Å². The zero-order valence-corrected chi connectivity index (χ0v) is 16.6. The zero-order chi connectivity index (χ0) is 20.8. The number of rotatable bonds is 6. The molecule has 0 bridgehead atoms. The molecule has 2 aromatic rings. The van der Waals surface area contributed by atoms with Gasteiger partial charge in [-0.2, -0.15) is 5.10 Å². The molecule has 7 nitrogen and oxygen atoms in total. The number of nitrogens with one attached hydrogen (secondary N) is 1.